The standard InChI is InChI=1S/C25H26O5/c26-19(12-11-17-7-3-1-4-8-17)13-14-20-21-15-24(27)29-23(21)16-22(20)30-25(28)18-9-5-2-6-10-18/h1-10,13-14,19-23,26H,11-12,15-16H2/b14-13+/t19?,20-,21?,22?,23?/m1/s1. The molecule has 0 amide bonds. The summed E-state index contributed by atoms with van der Waals surface area (Å²) in [5.41, 5.74) is 1.67. The summed E-state index contributed by atoms with van der Waals surface area (Å²) in [7, 11) is 0. The first-order valence-electron chi connectivity index (χ1n) is 10.5. The van der Waals surface area contributed by atoms with Crippen molar-refractivity contribution in [1.82, 2.24) is 0 Å². The number of aliphatic hydroxyl groups is 1. The van der Waals surface area contributed by atoms with Crippen molar-refractivity contribution < 1.29 is 24.2 Å². The molecule has 2 aromatic carbocycles. The Morgan fingerprint density at radius 1 is 1.13 bits per heavy atom. The van der Waals surface area contributed by atoms with Gasteiger partial charge in [0.25, 0.3) is 0 Å². The van der Waals surface area contributed by atoms with E-state index in [0.29, 0.717) is 24.8 Å². The zero-order valence-corrected chi connectivity index (χ0v) is 16.7. The van der Waals surface area contributed by atoms with Gasteiger partial charge in [-0.25, -0.2) is 4.79 Å². The summed E-state index contributed by atoms with van der Waals surface area (Å²) in [6.07, 6.45) is 4.65. The molecule has 2 aliphatic rings. The molecule has 4 rings (SSSR count). The summed E-state index contributed by atoms with van der Waals surface area (Å²) in [6, 6.07) is 18.9. The van der Waals surface area contributed by atoms with Crippen LogP contribution in [0.5, 0.6) is 0 Å². The van der Waals surface area contributed by atoms with Gasteiger partial charge in [-0.3, -0.25) is 4.79 Å². The maximum atomic E-state index is 12.5. The summed E-state index contributed by atoms with van der Waals surface area (Å²) in [5.74, 6) is -0.764. The van der Waals surface area contributed by atoms with Crippen LogP contribution < -0.4 is 0 Å². The predicted molar refractivity (Wildman–Crippen MR) is 112 cm³/mol. The second-order valence-electron chi connectivity index (χ2n) is 8.00. The lowest BCUT2D eigenvalue weighted by molar-refractivity contribution is -0.141. The molecule has 2 aromatic rings. The molecular weight excluding hydrogens is 380 g/mol. The molecule has 1 N–H and O–H groups in total. The fourth-order valence-corrected chi connectivity index (χ4v) is 4.38. The molecule has 1 heterocycles. The molecule has 0 aromatic heterocycles. The van der Waals surface area contributed by atoms with Crippen molar-refractivity contribution in [2.75, 3.05) is 0 Å². The number of hydrogen-bond acceptors (Lipinski definition) is 5. The molecule has 1 saturated carbocycles. The highest BCUT2D eigenvalue weighted by Gasteiger charge is 2.50. The van der Waals surface area contributed by atoms with Crippen molar-refractivity contribution in [1.29, 1.82) is 0 Å². The summed E-state index contributed by atoms with van der Waals surface area (Å²) in [4.78, 5) is 24.3. The highest BCUT2D eigenvalue weighted by molar-refractivity contribution is 5.89. The number of hydrogen-bond donors (Lipinski definition) is 1. The highest BCUT2D eigenvalue weighted by atomic mass is 16.6. The van der Waals surface area contributed by atoms with Gasteiger partial charge in [-0.1, -0.05) is 60.7 Å². The van der Waals surface area contributed by atoms with Gasteiger partial charge >= 0.3 is 11.9 Å². The van der Waals surface area contributed by atoms with E-state index in [1.54, 1.807) is 30.3 Å². The predicted octanol–water partition coefficient (Wildman–Crippen LogP) is 3.71. The van der Waals surface area contributed by atoms with E-state index >= 15 is 0 Å². The van der Waals surface area contributed by atoms with Crippen LogP contribution in [0.25, 0.3) is 0 Å². The Balaban J connectivity index is 1.41. The average molecular weight is 406 g/mol. The second kappa shape index (κ2) is 9.26. The number of esters is 2. The van der Waals surface area contributed by atoms with Gasteiger partial charge < -0.3 is 14.6 Å². The quantitative estimate of drug-likeness (QED) is 0.561. The maximum absolute atomic E-state index is 12.5. The van der Waals surface area contributed by atoms with Crippen molar-refractivity contribution >= 4 is 11.9 Å². The molecule has 30 heavy (non-hydrogen) atoms. The van der Waals surface area contributed by atoms with Gasteiger partial charge in [0.1, 0.15) is 12.2 Å². The number of aliphatic hydroxyl groups excluding tert-OH is 1. The van der Waals surface area contributed by atoms with Crippen LogP contribution in [-0.2, 0) is 20.7 Å². The van der Waals surface area contributed by atoms with E-state index in [1.807, 2.05) is 42.5 Å². The number of carbonyl (C=O) groups is 2. The molecule has 2 fully saturated rings. The molecule has 0 spiro atoms. The van der Waals surface area contributed by atoms with Crippen molar-refractivity contribution in [3.63, 3.8) is 0 Å². The van der Waals surface area contributed by atoms with Gasteiger partial charge in [-0.05, 0) is 30.5 Å². The van der Waals surface area contributed by atoms with Crippen LogP contribution in [0.2, 0.25) is 0 Å². The lowest BCUT2D eigenvalue weighted by Crippen LogP contribution is -2.25. The van der Waals surface area contributed by atoms with Crippen molar-refractivity contribution in [2.45, 2.75) is 44.0 Å². The zero-order valence-electron chi connectivity index (χ0n) is 16.7. The molecule has 1 saturated heterocycles. The maximum Gasteiger partial charge on any atom is 0.338 e. The van der Waals surface area contributed by atoms with Crippen LogP contribution in [-0.4, -0.2) is 35.4 Å². The third-order valence-electron chi connectivity index (χ3n) is 5.95. The van der Waals surface area contributed by atoms with Gasteiger partial charge in [0.15, 0.2) is 0 Å². The van der Waals surface area contributed by atoms with Gasteiger partial charge in [-0.15, -0.1) is 0 Å². The molecule has 1 aliphatic carbocycles. The Morgan fingerprint density at radius 2 is 1.83 bits per heavy atom. The van der Waals surface area contributed by atoms with Crippen LogP contribution in [0.15, 0.2) is 72.8 Å². The first-order valence-corrected chi connectivity index (χ1v) is 10.5. The molecule has 0 bridgehead atoms. The molecule has 0 radical (unpaired) electrons. The van der Waals surface area contributed by atoms with E-state index in [4.69, 9.17) is 9.47 Å². The lowest BCUT2D eigenvalue weighted by atomic mass is 9.91. The Kier molecular flexibility index (Phi) is 6.29. The van der Waals surface area contributed by atoms with Crippen LogP contribution >= 0.6 is 0 Å². The summed E-state index contributed by atoms with van der Waals surface area (Å²) in [6.45, 7) is 0. The zero-order chi connectivity index (χ0) is 20.9. The monoisotopic (exact) mass is 406 g/mol. The number of carbonyl (C=O) groups excluding carboxylic acids is 2. The molecule has 5 heteroatoms. The van der Waals surface area contributed by atoms with Gasteiger partial charge in [-0.2, -0.15) is 0 Å². The molecule has 4 unspecified atom stereocenters. The van der Waals surface area contributed by atoms with Crippen LogP contribution in [0.3, 0.4) is 0 Å². The van der Waals surface area contributed by atoms with E-state index in [2.05, 4.69) is 0 Å². The summed E-state index contributed by atoms with van der Waals surface area (Å²) in [5, 5.41) is 10.4. The summed E-state index contributed by atoms with van der Waals surface area (Å²) >= 11 is 0. The largest absolute Gasteiger partial charge is 0.462 e. The van der Waals surface area contributed by atoms with Crippen LogP contribution in [0, 0.1) is 11.8 Å². The van der Waals surface area contributed by atoms with Gasteiger partial charge in [0, 0.05) is 18.3 Å². The number of aryl methyl sites for hydroxylation is 1. The molecule has 156 valence electrons. The fourth-order valence-electron chi connectivity index (χ4n) is 4.38. The SMILES string of the molecule is O=C1CC2C(CC(OC(=O)c3ccccc3)[C@@H]2/C=C/C(O)CCc2ccccc2)O1. The lowest BCUT2D eigenvalue weighted by Gasteiger charge is -2.20. The van der Waals surface area contributed by atoms with Crippen LogP contribution in [0.1, 0.15) is 35.2 Å². The minimum Gasteiger partial charge on any atom is -0.462 e. The van der Waals surface area contributed by atoms with E-state index < -0.39 is 6.10 Å². The number of fused-ring (bicyclic) bond motifs is 1. The Hall–Kier alpha value is -2.92. The molecule has 5 nitrogen and oxygen atoms in total. The van der Waals surface area contributed by atoms with Crippen molar-refractivity contribution in [3.8, 4) is 0 Å². The van der Waals surface area contributed by atoms with Crippen LogP contribution in [0.4, 0.5) is 0 Å². The third-order valence-corrected chi connectivity index (χ3v) is 5.95. The minimum atomic E-state index is -0.604. The van der Waals surface area contributed by atoms with E-state index in [-0.39, 0.29) is 36.0 Å². The van der Waals surface area contributed by atoms with E-state index in [1.165, 1.54) is 5.56 Å². The topological polar surface area (TPSA) is 72.8 Å². The number of benzene rings is 2. The second-order valence-corrected chi connectivity index (χ2v) is 8.00. The first kappa shape index (κ1) is 20.4. The fraction of sp³-hybridized carbons (Fsp3) is 0.360. The average Bonchev–Trinajstić information content (AvgIpc) is 3.27. The Morgan fingerprint density at radius 3 is 2.57 bits per heavy atom. The van der Waals surface area contributed by atoms with Crippen molar-refractivity contribution in [2.24, 2.45) is 11.8 Å². The van der Waals surface area contributed by atoms with E-state index in [9.17, 15) is 14.7 Å². The van der Waals surface area contributed by atoms with Crippen molar-refractivity contribution in [3.05, 3.63) is 83.9 Å². The van der Waals surface area contributed by atoms with Gasteiger partial charge in [0.05, 0.1) is 18.1 Å². The highest BCUT2D eigenvalue weighted by Crippen LogP contribution is 2.43. The minimum absolute atomic E-state index is 0.0244. The Labute approximate surface area is 176 Å². The van der Waals surface area contributed by atoms with E-state index in [0.717, 1.165) is 6.42 Å². The number of rotatable bonds is 7. The third kappa shape index (κ3) is 4.79. The molecule has 5 atom stereocenters. The first-order chi connectivity index (χ1) is 14.6. The molecule has 1 aliphatic heterocycles. The summed E-state index contributed by atoms with van der Waals surface area (Å²) < 4.78 is 11.2. The smallest absolute Gasteiger partial charge is 0.338 e. The Bertz CT molecular complexity index is 892. The molecular formula is C25H26O5. The normalized spacial score (nSPS) is 26.4. The number of ether oxygens (including phenoxy) is 2. The van der Waals surface area contributed by atoms with Gasteiger partial charge in [0.2, 0.25) is 0 Å².